The summed E-state index contributed by atoms with van der Waals surface area (Å²) in [4.78, 5) is 9.93. The van der Waals surface area contributed by atoms with Gasteiger partial charge < -0.3 is 5.11 Å². The van der Waals surface area contributed by atoms with Crippen molar-refractivity contribution in [2.45, 2.75) is 20.3 Å². The minimum Gasteiger partial charge on any atom is -0.481 e. The standard InChI is InChI=1S/C5H10O2.H2O4S/c1-3-4(2)5(6)7;1-5(2,3)4/h4H,3H2,1-2H3,(H,6,7);(H2,1,2,3,4). The summed E-state index contributed by atoms with van der Waals surface area (Å²) in [5.41, 5.74) is 0. The second-order valence-corrected chi connectivity index (χ2v) is 2.99. The van der Waals surface area contributed by atoms with Crippen molar-refractivity contribution in [3.63, 3.8) is 0 Å². The summed E-state index contributed by atoms with van der Waals surface area (Å²) >= 11 is 0. The summed E-state index contributed by atoms with van der Waals surface area (Å²) in [5, 5.41) is 8.18. The van der Waals surface area contributed by atoms with Crippen molar-refractivity contribution in [3.05, 3.63) is 0 Å². The van der Waals surface area contributed by atoms with Crippen LogP contribution in [0.15, 0.2) is 0 Å². The van der Waals surface area contributed by atoms with E-state index in [1.807, 2.05) is 6.92 Å². The molecule has 1 unspecified atom stereocenters. The molecule has 6 nitrogen and oxygen atoms in total. The highest BCUT2D eigenvalue weighted by atomic mass is 32.3. The van der Waals surface area contributed by atoms with Crippen LogP contribution in [-0.2, 0) is 15.2 Å². The third-order valence-electron chi connectivity index (χ3n) is 1.03. The Balaban J connectivity index is 0. The van der Waals surface area contributed by atoms with Crippen molar-refractivity contribution in [3.8, 4) is 0 Å². The Hall–Kier alpha value is -0.660. The van der Waals surface area contributed by atoms with Crippen LogP contribution in [0.25, 0.3) is 0 Å². The highest BCUT2D eigenvalue weighted by Crippen LogP contribution is 1.97. The lowest BCUT2D eigenvalue weighted by Crippen LogP contribution is -2.06. The van der Waals surface area contributed by atoms with Crippen LogP contribution in [0, 0.1) is 5.92 Å². The molecule has 0 bridgehead atoms. The van der Waals surface area contributed by atoms with Crippen LogP contribution in [0.5, 0.6) is 0 Å². The molecule has 74 valence electrons. The molecule has 0 aromatic carbocycles. The molecule has 0 saturated carbocycles. The van der Waals surface area contributed by atoms with Gasteiger partial charge in [0.15, 0.2) is 0 Å². The quantitative estimate of drug-likeness (QED) is 0.558. The van der Waals surface area contributed by atoms with Gasteiger partial charge in [-0.05, 0) is 6.42 Å². The summed E-state index contributed by atoms with van der Waals surface area (Å²) in [7, 11) is -4.67. The van der Waals surface area contributed by atoms with Gasteiger partial charge in [-0.2, -0.15) is 8.42 Å². The maximum Gasteiger partial charge on any atom is 0.394 e. The Morgan fingerprint density at radius 1 is 1.42 bits per heavy atom. The SMILES string of the molecule is CCC(C)C(=O)O.O=S(=O)(O)O. The first-order valence-corrected chi connectivity index (χ1v) is 4.50. The molecule has 0 radical (unpaired) electrons. The molecule has 0 amide bonds. The van der Waals surface area contributed by atoms with Gasteiger partial charge in [0.25, 0.3) is 0 Å². The van der Waals surface area contributed by atoms with Crippen molar-refractivity contribution in [2.24, 2.45) is 5.92 Å². The van der Waals surface area contributed by atoms with E-state index in [0.717, 1.165) is 6.42 Å². The van der Waals surface area contributed by atoms with E-state index in [1.54, 1.807) is 6.92 Å². The Labute approximate surface area is 70.8 Å². The molecule has 0 aliphatic heterocycles. The van der Waals surface area contributed by atoms with Gasteiger partial charge in [-0.25, -0.2) is 0 Å². The molecule has 12 heavy (non-hydrogen) atoms. The van der Waals surface area contributed by atoms with Crippen LogP contribution >= 0.6 is 0 Å². The van der Waals surface area contributed by atoms with Crippen molar-refractivity contribution < 1.29 is 27.4 Å². The van der Waals surface area contributed by atoms with Crippen LogP contribution in [0.4, 0.5) is 0 Å². The third kappa shape index (κ3) is 22.8. The number of rotatable bonds is 2. The molecule has 7 heteroatoms. The zero-order valence-corrected chi connectivity index (χ0v) is 7.58. The van der Waals surface area contributed by atoms with Gasteiger partial charge in [-0.15, -0.1) is 0 Å². The molecular formula is C5H12O6S. The van der Waals surface area contributed by atoms with E-state index in [0.29, 0.717) is 0 Å². The summed E-state index contributed by atoms with van der Waals surface area (Å²) in [6.07, 6.45) is 0.718. The lowest BCUT2D eigenvalue weighted by molar-refractivity contribution is -0.141. The molecule has 0 aliphatic rings. The number of carboxylic acids is 1. The summed E-state index contributed by atoms with van der Waals surface area (Å²) in [6, 6.07) is 0. The van der Waals surface area contributed by atoms with Gasteiger partial charge in [0, 0.05) is 0 Å². The van der Waals surface area contributed by atoms with Crippen LogP contribution in [0.1, 0.15) is 20.3 Å². The highest BCUT2D eigenvalue weighted by molar-refractivity contribution is 7.79. The number of hydrogen-bond donors (Lipinski definition) is 3. The van der Waals surface area contributed by atoms with Gasteiger partial charge in [0.2, 0.25) is 0 Å². The minimum atomic E-state index is -4.67. The lowest BCUT2D eigenvalue weighted by atomic mass is 10.1. The predicted molar refractivity (Wildman–Crippen MR) is 41.3 cm³/mol. The fraction of sp³-hybridized carbons (Fsp3) is 0.800. The Bertz CT molecular complexity index is 210. The van der Waals surface area contributed by atoms with Crippen molar-refractivity contribution in [2.75, 3.05) is 0 Å². The smallest absolute Gasteiger partial charge is 0.394 e. The predicted octanol–water partition coefficient (Wildman–Crippen LogP) is 0.464. The van der Waals surface area contributed by atoms with E-state index in [2.05, 4.69) is 0 Å². The molecule has 0 heterocycles. The summed E-state index contributed by atoms with van der Waals surface area (Å²) in [5.74, 6) is -0.887. The Kier molecular flexibility index (Phi) is 6.86. The van der Waals surface area contributed by atoms with E-state index in [9.17, 15) is 4.79 Å². The van der Waals surface area contributed by atoms with Crippen molar-refractivity contribution >= 4 is 16.4 Å². The fourth-order valence-electron chi connectivity index (χ4n) is 0.175. The maximum absolute atomic E-state index is 9.93. The molecule has 0 rings (SSSR count). The molecule has 3 N–H and O–H groups in total. The Morgan fingerprint density at radius 2 is 1.67 bits per heavy atom. The van der Waals surface area contributed by atoms with E-state index in [-0.39, 0.29) is 5.92 Å². The van der Waals surface area contributed by atoms with Crippen molar-refractivity contribution in [1.29, 1.82) is 0 Å². The molecule has 0 aliphatic carbocycles. The van der Waals surface area contributed by atoms with E-state index >= 15 is 0 Å². The fourth-order valence-corrected chi connectivity index (χ4v) is 0.175. The number of aliphatic carboxylic acids is 1. The van der Waals surface area contributed by atoms with Gasteiger partial charge in [-0.1, -0.05) is 13.8 Å². The summed E-state index contributed by atoms with van der Waals surface area (Å²) < 4.78 is 31.6. The third-order valence-corrected chi connectivity index (χ3v) is 1.03. The van der Waals surface area contributed by atoms with Crippen molar-refractivity contribution in [1.82, 2.24) is 0 Å². The maximum atomic E-state index is 9.93. The van der Waals surface area contributed by atoms with Gasteiger partial charge in [0.1, 0.15) is 0 Å². The first-order valence-electron chi connectivity index (χ1n) is 3.11. The van der Waals surface area contributed by atoms with E-state index in [4.69, 9.17) is 22.6 Å². The first kappa shape index (κ1) is 13.9. The number of hydrogen-bond acceptors (Lipinski definition) is 3. The van der Waals surface area contributed by atoms with Gasteiger partial charge in [0.05, 0.1) is 5.92 Å². The van der Waals surface area contributed by atoms with Crippen LogP contribution in [0.2, 0.25) is 0 Å². The monoisotopic (exact) mass is 200 g/mol. The molecule has 0 saturated heterocycles. The largest absolute Gasteiger partial charge is 0.481 e. The zero-order valence-electron chi connectivity index (χ0n) is 6.76. The zero-order chi connectivity index (χ0) is 10.4. The van der Waals surface area contributed by atoms with Gasteiger partial charge in [-0.3, -0.25) is 13.9 Å². The molecule has 0 aromatic rings. The first-order chi connectivity index (χ1) is 5.18. The average molecular weight is 200 g/mol. The normalized spacial score (nSPS) is 12.7. The molecule has 0 aromatic heterocycles. The summed E-state index contributed by atoms with van der Waals surface area (Å²) in [6.45, 7) is 3.56. The molecular weight excluding hydrogens is 188 g/mol. The lowest BCUT2D eigenvalue weighted by Gasteiger charge is -1.96. The second kappa shape index (κ2) is 5.92. The second-order valence-electron chi connectivity index (χ2n) is 2.10. The number of carboxylic acid groups (broad SMARTS) is 1. The highest BCUT2D eigenvalue weighted by Gasteiger charge is 2.05. The average Bonchev–Trinajstić information content (AvgIpc) is 1.82. The molecule has 0 spiro atoms. The minimum absolute atomic E-state index is 0.181. The Morgan fingerprint density at radius 3 is 1.67 bits per heavy atom. The topological polar surface area (TPSA) is 112 Å². The van der Waals surface area contributed by atoms with Gasteiger partial charge >= 0.3 is 16.4 Å². The van der Waals surface area contributed by atoms with Crippen LogP contribution < -0.4 is 0 Å². The molecule has 1 atom stereocenters. The van der Waals surface area contributed by atoms with Crippen LogP contribution in [0.3, 0.4) is 0 Å². The molecule has 0 fully saturated rings. The number of carbonyl (C=O) groups is 1. The van der Waals surface area contributed by atoms with E-state index in [1.165, 1.54) is 0 Å². The van der Waals surface area contributed by atoms with E-state index < -0.39 is 16.4 Å². The van der Waals surface area contributed by atoms with Crippen LogP contribution in [-0.4, -0.2) is 28.6 Å².